The molecule has 1 saturated heterocycles. The van der Waals surface area contributed by atoms with E-state index in [0.717, 1.165) is 48.1 Å². The van der Waals surface area contributed by atoms with Gasteiger partial charge >= 0.3 is 5.97 Å². The molecule has 2 atom stereocenters. The highest BCUT2D eigenvalue weighted by Crippen LogP contribution is 2.26. The number of quaternary nitrogens is 1. The number of likely N-dealkylation sites (tertiary alicyclic amines) is 1. The third-order valence-corrected chi connectivity index (χ3v) is 5.63. The van der Waals surface area contributed by atoms with Gasteiger partial charge in [-0.05, 0) is 32.4 Å². The average Bonchev–Trinajstić information content (AvgIpc) is 2.73. The number of piperidine rings is 1. The van der Waals surface area contributed by atoms with Crippen molar-refractivity contribution in [3.05, 3.63) is 65.7 Å². The zero-order valence-corrected chi connectivity index (χ0v) is 16.6. The van der Waals surface area contributed by atoms with Crippen molar-refractivity contribution in [3.63, 3.8) is 0 Å². The van der Waals surface area contributed by atoms with Gasteiger partial charge in [0.2, 0.25) is 0 Å². The van der Waals surface area contributed by atoms with E-state index in [2.05, 4.69) is 26.0 Å². The van der Waals surface area contributed by atoms with Crippen molar-refractivity contribution in [1.29, 1.82) is 0 Å². The summed E-state index contributed by atoms with van der Waals surface area (Å²) < 4.78 is 5.94. The fraction of sp³-hybridized carbons (Fsp3) is 0.333. The van der Waals surface area contributed by atoms with Gasteiger partial charge in [0.1, 0.15) is 6.54 Å². The molecule has 0 aliphatic carbocycles. The maximum absolute atomic E-state index is 13.1. The number of esters is 1. The predicted octanol–water partition coefficient (Wildman–Crippen LogP) is 3.43. The molecule has 28 heavy (non-hydrogen) atoms. The van der Waals surface area contributed by atoms with Crippen molar-refractivity contribution < 1.29 is 14.4 Å². The van der Waals surface area contributed by atoms with E-state index in [1.807, 2.05) is 42.5 Å². The molecule has 1 fully saturated rings. The molecule has 0 radical (unpaired) electrons. The maximum Gasteiger partial charge on any atom is 0.339 e. The average molecular weight is 375 g/mol. The number of carbonyl (C=O) groups is 1. The Balaban J connectivity index is 1.68. The Labute approximate surface area is 166 Å². The number of fused-ring (bicyclic) bond motifs is 1. The lowest BCUT2D eigenvalue weighted by atomic mass is 10.0. The molecule has 2 heterocycles. The molecule has 0 spiro atoms. The second kappa shape index (κ2) is 8.11. The van der Waals surface area contributed by atoms with Crippen molar-refractivity contribution in [1.82, 2.24) is 4.98 Å². The number of pyridine rings is 1. The number of aromatic nitrogens is 1. The van der Waals surface area contributed by atoms with Gasteiger partial charge in [-0.25, -0.2) is 9.78 Å². The van der Waals surface area contributed by atoms with Crippen molar-refractivity contribution >= 4 is 16.9 Å². The summed E-state index contributed by atoms with van der Waals surface area (Å²) in [6.07, 6.45) is 2.04. The van der Waals surface area contributed by atoms with Crippen LogP contribution >= 0.6 is 0 Å². The molecule has 4 nitrogen and oxygen atoms in total. The van der Waals surface area contributed by atoms with Crippen molar-refractivity contribution in [3.8, 4) is 11.3 Å². The molecule has 1 aliphatic heterocycles. The third-order valence-electron chi connectivity index (χ3n) is 5.63. The highest BCUT2D eigenvalue weighted by molar-refractivity contribution is 6.04. The van der Waals surface area contributed by atoms with Crippen molar-refractivity contribution in [2.75, 3.05) is 19.6 Å². The molecule has 1 aromatic heterocycles. The Kier molecular flexibility index (Phi) is 5.40. The summed E-state index contributed by atoms with van der Waals surface area (Å²) in [6.45, 7) is 7.39. The fourth-order valence-electron chi connectivity index (χ4n) is 3.96. The van der Waals surface area contributed by atoms with Gasteiger partial charge in [-0.3, -0.25) is 0 Å². The summed E-state index contributed by atoms with van der Waals surface area (Å²) in [4.78, 5) is 19.4. The van der Waals surface area contributed by atoms with E-state index in [9.17, 15) is 4.79 Å². The smallest absolute Gasteiger partial charge is 0.339 e. The normalized spacial score (nSPS) is 19.5. The lowest BCUT2D eigenvalue weighted by molar-refractivity contribution is -0.906. The first-order valence-corrected chi connectivity index (χ1v) is 10.2. The number of hydrogen-bond donors (Lipinski definition) is 1. The molecule has 0 saturated carbocycles. The van der Waals surface area contributed by atoms with Gasteiger partial charge in [0, 0.05) is 17.4 Å². The van der Waals surface area contributed by atoms with Crippen LogP contribution < -0.4 is 4.90 Å². The topological polar surface area (TPSA) is 43.6 Å². The fourth-order valence-corrected chi connectivity index (χ4v) is 3.96. The van der Waals surface area contributed by atoms with E-state index < -0.39 is 0 Å². The molecule has 1 unspecified atom stereocenters. The minimum Gasteiger partial charge on any atom is -0.453 e. The highest BCUT2D eigenvalue weighted by atomic mass is 16.5. The minimum absolute atomic E-state index is 0.00838. The van der Waals surface area contributed by atoms with Crippen LogP contribution in [0, 0.1) is 6.92 Å². The zero-order valence-electron chi connectivity index (χ0n) is 16.6. The monoisotopic (exact) mass is 375 g/mol. The SMILES string of the molecule is CC[NH+]1CCC[C@H](OC(=O)c2cc(-c3ccc(C)cc3)nc3ccccc23)C1. The van der Waals surface area contributed by atoms with Gasteiger partial charge in [-0.1, -0.05) is 48.0 Å². The van der Waals surface area contributed by atoms with Crippen LogP contribution in [0.3, 0.4) is 0 Å². The van der Waals surface area contributed by atoms with E-state index >= 15 is 0 Å². The molecule has 0 bridgehead atoms. The number of nitrogens with one attached hydrogen (secondary N) is 1. The quantitative estimate of drug-likeness (QED) is 0.711. The molecule has 1 N–H and O–H groups in total. The number of carbonyl (C=O) groups excluding carboxylic acids is 1. The summed E-state index contributed by atoms with van der Waals surface area (Å²) in [6, 6.07) is 17.9. The third kappa shape index (κ3) is 3.92. The van der Waals surface area contributed by atoms with Crippen LogP contribution in [0.25, 0.3) is 22.2 Å². The van der Waals surface area contributed by atoms with Crippen LogP contribution in [-0.2, 0) is 4.74 Å². The zero-order chi connectivity index (χ0) is 19.5. The molecular weight excluding hydrogens is 348 g/mol. The van der Waals surface area contributed by atoms with Gasteiger partial charge in [-0.15, -0.1) is 0 Å². The Morgan fingerprint density at radius 1 is 1.18 bits per heavy atom. The minimum atomic E-state index is -0.241. The molecular formula is C24H27N2O2+. The second-order valence-corrected chi connectivity index (χ2v) is 7.67. The number of ether oxygens (including phenoxy) is 1. The van der Waals surface area contributed by atoms with Crippen LogP contribution in [0.4, 0.5) is 0 Å². The molecule has 1 aliphatic rings. The van der Waals surface area contributed by atoms with Crippen LogP contribution in [0.1, 0.15) is 35.7 Å². The number of nitrogens with zero attached hydrogens (tertiary/aromatic N) is 1. The van der Waals surface area contributed by atoms with Gasteiger partial charge in [0.05, 0.1) is 29.9 Å². The number of benzene rings is 2. The standard InChI is InChI=1S/C24H26N2O2/c1-3-26-14-6-7-19(16-26)28-24(27)21-15-23(18-12-10-17(2)11-13-18)25-22-9-5-4-8-20(21)22/h4-5,8-13,15,19H,3,6-7,14,16H2,1-2H3/p+1/t19-/m0/s1. The molecule has 3 aromatic rings. The van der Waals surface area contributed by atoms with E-state index in [-0.39, 0.29) is 12.1 Å². The molecule has 144 valence electrons. The van der Waals surface area contributed by atoms with E-state index in [1.54, 1.807) is 0 Å². The first-order chi connectivity index (χ1) is 13.6. The Bertz CT molecular complexity index is 982. The lowest BCUT2D eigenvalue weighted by Gasteiger charge is -2.28. The second-order valence-electron chi connectivity index (χ2n) is 7.67. The van der Waals surface area contributed by atoms with Crippen LogP contribution in [0.5, 0.6) is 0 Å². The number of rotatable bonds is 4. The number of hydrogen-bond acceptors (Lipinski definition) is 3. The maximum atomic E-state index is 13.1. The summed E-state index contributed by atoms with van der Waals surface area (Å²) in [7, 11) is 0. The van der Waals surface area contributed by atoms with Crippen LogP contribution in [0.2, 0.25) is 0 Å². The Morgan fingerprint density at radius 2 is 1.96 bits per heavy atom. The molecule has 4 rings (SSSR count). The van der Waals surface area contributed by atoms with Crippen LogP contribution in [0.15, 0.2) is 54.6 Å². The highest BCUT2D eigenvalue weighted by Gasteiger charge is 2.26. The van der Waals surface area contributed by atoms with E-state index in [1.165, 1.54) is 17.0 Å². The van der Waals surface area contributed by atoms with Crippen molar-refractivity contribution in [2.24, 2.45) is 0 Å². The largest absolute Gasteiger partial charge is 0.453 e. The molecule has 4 heteroatoms. The first kappa shape index (κ1) is 18.6. The predicted molar refractivity (Wildman–Crippen MR) is 112 cm³/mol. The Morgan fingerprint density at radius 3 is 2.75 bits per heavy atom. The van der Waals surface area contributed by atoms with Gasteiger partial charge in [-0.2, -0.15) is 0 Å². The Hall–Kier alpha value is -2.72. The summed E-state index contributed by atoms with van der Waals surface area (Å²) in [5.74, 6) is -0.241. The number of likely N-dealkylation sites (N-methyl/N-ethyl adjacent to an activating group) is 1. The first-order valence-electron chi connectivity index (χ1n) is 10.2. The summed E-state index contributed by atoms with van der Waals surface area (Å²) >= 11 is 0. The summed E-state index contributed by atoms with van der Waals surface area (Å²) in [5, 5.41) is 0.846. The van der Waals surface area contributed by atoms with Crippen molar-refractivity contribution in [2.45, 2.75) is 32.8 Å². The lowest BCUT2D eigenvalue weighted by Crippen LogP contribution is -3.13. The van der Waals surface area contributed by atoms with E-state index in [0.29, 0.717) is 5.56 Å². The van der Waals surface area contributed by atoms with E-state index in [4.69, 9.17) is 9.72 Å². The van der Waals surface area contributed by atoms with Crippen LogP contribution in [-0.4, -0.2) is 36.7 Å². The number of aryl methyl sites for hydroxylation is 1. The van der Waals surface area contributed by atoms with Gasteiger partial charge in [0.25, 0.3) is 0 Å². The number of para-hydroxylation sites is 1. The van der Waals surface area contributed by atoms with Gasteiger partial charge in [0.15, 0.2) is 6.10 Å². The summed E-state index contributed by atoms with van der Waals surface area (Å²) in [5.41, 5.74) is 4.42. The molecule has 2 aromatic carbocycles. The van der Waals surface area contributed by atoms with Gasteiger partial charge < -0.3 is 9.64 Å². The molecule has 0 amide bonds.